The Morgan fingerprint density at radius 2 is 2.10 bits per heavy atom. The van der Waals surface area contributed by atoms with Crippen LogP contribution in [0.1, 0.15) is 30.1 Å². The van der Waals surface area contributed by atoms with Gasteiger partial charge in [0.15, 0.2) is 0 Å². The van der Waals surface area contributed by atoms with Gasteiger partial charge in [0, 0.05) is 26.8 Å². The van der Waals surface area contributed by atoms with Gasteiger partial charge >= 0.3 is 5.97 Å². The van der Waals surface area contributed by atoms with Crippen molar-refractivity contribution in [1.29, 1.82) is 0 Å². The second-order valence-corrected chi connectivity index (χ2v) is 5.38. The van der Waals surface area contributed by atoms with Crippen molar-refractivity contribution in [3.63, 3.8) is 0 Å². The van der Waals surface area contributed by atoms with Crippen LogP contribution in [-0.4, -0.2) is 39.4 Å². The molecule has 0 amide bonds. The van der Waals surface area contributed by atoms with Crippen molar-refractivity contribution in [1.82, 2.24) is 0 Å². The number of nitrogens with zero attached hydrogens (tertiary/aromatic N) is 1. The van der Waals surface area contributed by atoms with Crippen LogP contribution in [0, 0.1) is 5.92 Å². The van der Waals surface area contributed by atoms with E-state index < -0.39 is 0 Å². The van der Waals surface area contributed by atoms with Crippen molar-refractivity contribution >= 4 is 17.3 Å². The Kier molecular flexibility index (Phi) is 5.44. The van der Waals surface area contributed by atoms with E-state index in [-0.39, 0.29) is 5.97 Å². The highest BCUT2D eigenvalue weighted by molar-refractivity contribution is 5.92. The first-order valence-corrected chi connectivity index (χ1v) is 7.46. The van der Waals surface area contributed by atoms with E-state index in [0.29, 0.717) is 23.8 Å². The normalized spacial score (nSPS) is 16.0. The molecule has 1 saturated heterocycles. The Balaban J connectivity index is 2.09. The van der Waals surface area contributed by atoms with Gasteiger partial charge in [0.2, 0.25) is 0 Å². The summed E-state index contributed by atoms with van der Waals surface area (Å²) in [5.74, 6) is 0.314. The Hall–Kier alpha value is -1.75. The molecule has 0 unspecified atom stereocenters. The van der Waals surface area contributed by atoms with Gasteiger partial charge in [0.05, 0.1) is 23.5 Å². The molecule has 2 N–H and O–H groups in total. The predicted octanol–water partition coefficient (Wildman–Crippen LogP) is 2.31. The minimum absolute atomic E-state index is 0.298. The van der Waals surface area contributed by atoms with Crippen molar-refractivity contribution in [3.8, 4) is 0 Å². The highest BCUT2D eigenvalue weighted by Gasteiger charge is 2.21. The number of ether oxygens (including phenoxy) is 2. The molecule has 1 aromatic rings. The molecule has 0 spiro atoms. The predicted molar refractivity (Wildman–Crippen MR) is 83.6 cm³/mol. The van der Waals surface area contributed by atoms with Crippen LogP contribution in [0.3, 0.4) is 0 Å². The molecule has 1 aliphatic heterocycles. The molecule has 5 nitrogen and oxygen atoms in total. The lowest BCUT2D eigenvalue weighted by Crippen LogP contribution is -2.35. The molecule has 116 valence electrons. The molecule has 1 fully saturated rings. The zero-order chi connectivity index (χ0) is 15.2. The number of nitrogen functional groups attached to an aromatic ring is 1. The molecule has 1 heterocycles. The Morgan fingerprint density at radius 1 is 1.38 bits per heavy atom. The van der Waals surface area contributed by atoms with Crippen molar-refractivity contribution in [2.45, 2.75) is 19.8 Å². The van der Waals surface area contributed by atoms with E-state index in [0.717, 1.165) is 38.2 Å². The average molecular weight is 292 g/mol. The second-order valence-electron chi connectivity index (χ2n) is 5.38. The van der Waals surface area contributed by atoms with Crippen LogP contribution < -0.4 is 10.6 Å². The number of esters is 1. The summed E-state index contributed by atoms with van der Waals surface area (Å²) in [6.45, 7) is 4.86. The second kappa shape index (κ2) is 7.31. The van der Waals surface area contributed by atoms with Crippen molar-refractivity contribution in [2.24, 2.45) is 5.92 Å². The lowest BCUT2D eigenvalue weighted by atomic mass is 9.97. The third kappa shape index (κ3) is 3.88. The summed E-state index contributed by atoms with van der Waals surface area (Å²) in [7, 11) is 1.74. The lowest BCUT2D eigenvalue weighted by molar-refractivity contribution is 0.0526. The number of anilines is 2. The van der Waals surface area contributed by atoms with Gasteiger partial charge in [-0.15, -0.1) is 0 Å². The molecule has 0 bridgehead atoms. The summed E-state index contributed by atoms with van der Waals surface area (Å²) in [5.41, 5.74) is 8.25. The summed E-state index contributed by atoms with van der Waals surface area (Å²) < 4.78 is 10.3. The lowest BCUT2D eigenvalue weighted by Gasteiger charge is -2.34. The molecule has 1 aliphatic rings. The molecule has 1 aromatic carbocycles. The van der Waals surface area contributed by atoms with E-state index >= 15 is 0 Å². The Morgan fingerprint density at radius 3 is 2.71 bits per heavy atom. The van der Waals surface area contributed by atoms with E-state index in [4.69, 9.17) is 15.2 Å². The summed E-state index contributed by atoms with van der Waals surface area (Å²) in [6.07, 6.45) is 2.16. The molecular weight excluding hydrogens is 268 g/mol. The van der Waals surface area contributed by atoms with Gasteiger partial charge in [0.1, 0.15) is 0 Å². The number of rotatable bonds is 5. The van der Waals surface area contributed by atoms with Crippen LogP contribution in [0.2, 0.25) is 0 Å². The minimum atomic E-state index is -0.298. The number of methoxy groups -OCH3 is 1. The third-order valence-electron chi connectivity index (χ3n) is 3.90. The highest BCUT2D eigenvalue weighted by Crippen LogP contribution is 2.29. The largest absolute Gasteiger partial charge is 0.462 e. The highest BCUT2D eigenvalue weighted by atomic mass is 16.5. The minimum Gasteiger partial charge on any atom is -0.462 e. The molecular formula is C16H24N2O3. The molecule has 21 heavy (non-hydrogen) atoms. The molecule has 2 rings (SSSR count). The fourth-order valence-electron chi connectivity index (χ4n) is 2.74. The van der Waals surface area contributed by atoms with Gasteiger partial charge in [-0.2, -0.15) is 0 Å². The monoisotopic (exact) mass is 292 g/mol. The quantitative estimate of drug-likeness (QED) is 0.666. The van der Waals surface area contributed by atoms with Crippen LogP contribution in [-0.2, 0) is 9.47 Å². The number of nitrogens with two attached hydrogens (primary N) is 1. The maximum Gasteiger partial charge on any atom is 0.338 e. The van der Waals surface area contributed by atoms with Crippen LogP contribution in [0.4, 0.5) is 11.4 Å². The summed E-state index contributed by atoms with van der Waals surface area (Å²) in [5, 5.41) is 0. The first kappa shape index (κ1) is 15.6. The molecule has 5 heteroatoms. The smallest absolute Gasteiger partial charge is 0.338 e. The van der Waals surface area contributed by atoms with Crippen molar-refractivity contribution in [3.05, 3.63) is 23.8 Å². The number of carbonyl (C=O) groups is 1. The van der Waals surface area contributed by atoms with E-state index in [2.05, 4.69) is 4.90 Å². The molecule has 0 saturated carbocycles. The van der Waals surface area contributed by atoms with E-state index in [9.17, 15) is 4.79 Å². The van der Waals surface area contributed by atoms with E-state index in [1.165, 1.54) is 0 Å². The van der Waals surface area contributed by atoms with Crippen molar-refractivity contribution < 1.29 is 14.3 Å². The summed E-state index contributed by atoms with van der Waals surface area (Å²) in [4.78, 5) is 14.1. The number of benzene rings is 1. The number of hydrogen-bond donors (Lipinski definition) is 1. The Labute approximate surface area is 126 Å². The SMILES string of the molecule is CCOC(=O)c1ccc(N)c(N2CCC(COC)CC2)c1. The van der Waals surface area contributed by atoms with E-state index in [1.807, 2.05) is 6.07 Å². The maximum atomic E-state index is 11.8. The van der Waals surface area contributed by atoms with Gasteiger partial charge in [-0.1, -0.05) is 0 Å². The number of carbonyl (C=O) groups excluding carboxylic acids is 1. The molecule has 0 atom stereocenters. The van der Waals surface area contributed by atoms with Crippen LogP contribution in [0.25, 0.3) is 0 Å². The average Bonchev–Trinajstić information content (AvgIpc) is 2.49. The molecule has 0 aromatic heterocycles. The zero-order valence-corrected chi connectivity index (χ0v) is 12.8. The van der Waals surface area contributed by atoms with Gasteiger partial charge < -0.3 is 20.1 Å². The van der Waals surface area contributed by atoms with Crippen LogP contribution >= 0.6 is 0 Å². The zero-order valence-electron chi connectivity index (χ0n) is 12.8. The topological polar surface area (TPSA) is 64.8 Å². The summed E-state index contributed by atoms with van der Waals surface area (Å²) in [6, 6.07) is 5.33. The van der Waals surface area contributed by atoms with Gasteiger partial charge in [0.25, 0.3) is 0 Å². The standard InChI is InChI=1S/C16H24N2O3/c1-3-21-16(19)13-4-5-14(17)15(10-13)18-8-6-12(7-9-18)11-20-2/h4-5,10,12H,3,6-9,11,17H2,1-2H3. The number of piperidine rings is 1. The fraction of sp³-hybridized carbons (Fsp3) is 0.562. The molecule has 0 radical (unpaired) electrons. The van der Waals surface area contributed by atoms with Crippen molar-refractivity contribution in [2.75, 3.05) is 44.0 Å². The Bertz CT molecular complexity index is 482. The molecule has 0 aliphatic carbocycles. The summed E-state index contributed by atoms with van der Waals surface area (Å²) >= 11 is 0. The first-order valence-electron chi connectivity index (χ1n) is 7.46. The third-order valence-corrected chi connectivity index (χ3v) is 3.90. The maximum absolute atomic E-state index is 11.8. The van der Waals surface area contributed by atoms with Crippen LogP contribution in [0.5, 0.6) is 0 Å². The van der Waals surface area contributed by atoms with Gasteiger partial charge in [-0.05, 0) is 43.9 Å². The van der Waals surface area contributed by atoms with E-state index in [1.54, 1.807) is 26.2 Å². The van der Waals surface area contributed by atoms with Crippen LogP contribution in [0.15, 0.2) is 18.2 Å². The van der Waals surface area contributed by atoms with Gasteiger partial charge in [-0.3, -0.25) is 0 Å². The van der Waals surface area contributed by atoms with Gasteiger partial charge in [-0.25, -0.2) is 4.79 Å². The fourth-order valence-corrected chi connectivity index (χ4v) is 2.74. The number of hydrogen-bond acceptors (Lipinski definition) is 5. The first-order chi connectivity index (χ1) is 10.2.